The van der Waals surface area contributed by atoms with E-state index in [2.05, 4.69) is 5.92 Å². The minimum atomic E-state index is -1.25. The molecule has 0 fully saturated rings. The first-order valence-electron chi connectivity index (χ1n) is 6.79. The molecule has 0 N–H and O–H groups in total. The van der Waals surface area contributed by atoms with Crippen molar-refractivity contribution in [3.8, 4) is 12.3 Å². The van der Waals surface area contributed by atoms with Gasteiger partial charge in [0.05, 0.1) is 5.69 Å². The van der Waals surface area contributed by atoms with E-state index >= 15 is 0 Å². The highest BCUT2D eigenvalue weighted by molar-refractivity contribution is 7.85. The predicted molar refractivity (Wildman–Crippen MR) is 85.2 cm³/mol. The Hall–Kier alpha value is -1.93. The number of carbonyl (C=O) groups excluding carboxylic acids is 2. The maximum Gasteiger partial charge on any atom is 0.246 e. The van der Waals surface area contributed by atoms with E-state index in [4.69, 9.17) is 6.42 Å². The average Bonchev–Trinajstić information content (AvgIpc) is 2.48. The highest BCUT2D eigenvalue weighted by atomic mass is 32.2. The normalized spacial score (nSPS) is 11.4. The van der Waals surface area contributed by atoms with Gasteiger partial charge < -0.3 is 0 Å². The lowest BCUT2D eigenvalue weighted by Gasteiger charge is -2.20. The number of hydrogen-bond acceptors (Lipinski definition) is 3. The van der Waals surface area contributed by atoms with E-state index in [1.165, 1.54) is 0 Å². The second-order valence-electron chi connectivity index (χ2n) is 4.39. The molecule has 1 unspecified atom stereocenters. The molecule has 0 aromatic heterocycles. The molecule has 4 nitrogen and oxygen atoms in total. The van der Waals surface area contributed by atoms with Gasteiger partial charge in [0.2, 0.25) is 11.8 Å². The molecule has 0 aliphatic rings. The molecular weight excluding hydrogens is 286 g/mol. The Balaban J connectivity index is 2.90. The van der Waals surface area contributed by atoms with Crippen molar-refractivity contribution in [1.29, 1.82) is 0 Å². The molecule has 0 aliphatic carbocycles. The van der Waals surface area contributed by atoms with Crippen molar-refractivity contribution >= 4 is 28.3 Å². The monoisotopic (exact) mass is 305 g/mol. The number of hydrogen-bond donors (Lipinski definition) is 0. The predicted octanol–water partition coefficient (Wildman–Crippen LogP) is 2.12. The smallest absolute Gasteiger partial charge is 0.246 e. The number of anilines is 1. The van der Waals surface area contributed by atoms with Gasteiger partial charge >= 0.3 is 0 Å². The number of para-hydroxylation sites is 1. The average molecular weight is 305 g/mol. The van der Waals surface area contributed by atoms with E-state index in [1.807, 2.05) is 0 Å². The third-order valence-corrected chi connectivity index (χ3v) is 4.04. The van der Waals surface area contributed by atoms with Crippen molar-refractivity contribution in [2.75, 3.05) is 16.4 Å². The van der Waals surface area contributed by atoms with Gasteiger partial charge in [-0.25, -0.2) is 4.90 Å². The van der Waals surface area contributed by atoms with Gasteiger partial charge in [0.1, 0.15) is 5.75 Å². The maximum absolute atomic E-state index is 12.3. The van der Waals surface area contributed by atoms with Crippen LogP contribution in [0.2, 0.25) is 0 Å². The molecule has 2 amide bonds. The Labute approximate surface area is 128 Å². The summed E-state index contributed by atoms with van der Waals surface area (Å²) >= 11 is 0. The summed E-state index contributed by atoms with van der Waals surface area (Å²) in [6, 6.07) is 8.68. The topological polar surface area (TPSA) is 54.5 Å². The zero-order valence-electron chi connectivity index (χ0n) is 12.1. The minimum Gasteiger partial charge on any atom is -0.274 e. The summed E-state index contributed by atoms with van der Waals surface area (Å²) in [5, 5.41) is 0. The number of imide groups is 1. The number of benzene rings is 1. The molecule has 0 spiro atoms. The molecule has 0 saturated heterocycles. The van der Waals surface area contributed by atoms with Crippen LogP contribution in [-0.2, 0) is 20.4 Å². The molecule has 0 heterocycles. The number of amides is 2. The lowest BCUT2D eigenvalue weighted by Crippen LogP contribution is -2.39. The molecule has 1 aromatic rings. The third-order valence-electron chi connectivity index (χ3n) is 2.83. The number of carbonyl (C=O) groups is 2. The van der Waals surface area contributed by atoms with Gasteiger partial charge in [-0.2, -0.15) is 0 Å². The standard InChI is InChI=1S/C16H19NO3S/c1-3-5-7-12-15(18)17(14-10-8-6-9-11-14)16(19)13-21(20)4-2/h1,6,8-11H,4-5,7,12-13H2,2H3. The summed E-state index contributed by atoms with van der Waals surface area (Å²) in [7, 11) is -1.25. The Morgan fingerprint density at radius 2 is 1.90 bits per heavy atom. The molecule has 0 bridgehead atoms. The summed E-state index contributed by atoms with van der Waals surface area (Å²) in [4.78, 5) is 25.6. The first-order chi connectivity index (χ1) is 10.1. The van der Waals surface area contributed by atoms with Crippen LogP contribution in [0.5, 0.6) is 0 Å². The molecule has 5 heteroatoms. The second kappa shape index (κ2) is 9.09. The van der Waals surface area contributed by atoms with Crippen LogP contribution in [0, 0.1) is 12.3 Å². The molecule has 0 radical (unpaired) electrons. The van der Waals surface area contributed by atoms with E-state index in [9.17, 15) is 13.8 Å². The largest absolute Gasteiger partial charge is 0.274 e. The Bertz CT molecular complexity index is 548. The van der Waals surface area contributed by atoms with Gasteiger partial charge in [-0.15, -0.1) is 12.3 Å². The molecular formula is C16H19NO3S. The Morgan fingerprint density at radius 3 is 2.48 bits per heavy atom. The van der Waals surface area contributed by atoms with Gasteiger partial charge in [0.15, 0.2) is 0 Å². The molecule has 0 saturated carbocycles. The Kier molecular flexibility index (Phi) is 7.41. The zero-order chi connectivity index (χ0) is 15.7. The van der Waals surface area contributed by atoms with E-state index < -0.39 is 16.7 Å². The summed E-state index contributed by atoms with van der Waals surface area (Å²) in [6.45, 7) is 1.74. The fourth-order valence-corrected chi connectivity index (χ4v) is 2.37. The van der Waals surface area contributed by atoms with Crippen molar-refractivity contribution in [3.05, 3.63) is 30.3 Å². The molecule has 1 aromatic carbocycles. The fourth-order valence-electron chi connectivity index (χ4n) is 1.76. The van der Waals surface area contributed by atoms with E-state index in [-0.39, 0.29) is 18.1 Å². The van der Waals surface area contributed by atoms with Crippen molar-refractivity contribution in [2.24, 2.45) is 0 Å². The van der Waals surface area contributed by atoms with E-state index in [0.717, 1.165) is 4.90 Å². The molecule has 0 aliphatic heterocycles. The number of rotatable bonds is 7. The third kappa shape index (κ3) is 5.52. The van der Waals surface area contributed by atoms with Crippen LogP contribution in [-0.4, -0.2) is 27.5 Å². The van der Waals surface area contributed by atoms with Crippen molar-refractivity contribution < 1.29 is 13.8 Å². The molecule has 112 valence electrons. The first-order valence-corrected chi connectivity index (χ1v) is 8.28. The number of unbranched alkanes of at least 4 members (excludes halogenated alkanes) is 1. The summed E-state index contributed by atoms with van der Waals surface area (Å²) in [6.07, 6.45) is 6.38. The van der Waals surface area contributed by atoms with Crippen LogP contribution < -0.4 is 4.90 Å². The molecule has 1 atom stereocenters. The van der Waals surface area contributed by atoms with Crippen molar-refractivity contribution in [2.45, 2.75) is 26.2 Å². The lowest BCUT2D eigenvalue weighted by molar-refractivity contribution is -0.125. The Morgan fingerprint density at radius 1 is 1.24 bits per heavy atom. The highest BCUT2D eigenvalue weighted by Gasteiger charge is 2.23. The van der Waals surface area contributed by atoms with Crippen LogP contribution in [0.25, 0.3) is 0 Å². The fraction of sp³-hybridized carbons (Fsp3) is 0.375. The van der Waals surface area contributed by atoms with Gasteiger partial charge in [-0.1, -0.05) is 25.1 Å². The number of nitrogens with zero attached hydrogens (tertiary/aromatic N) is 1. The quantitative estimate of drug-likeness (QED) is 0.573. The molecule has 1 rings (SSSR count). The van der Waals surface area contributed by atoms with E-state index in [1.54, 1.807) is 37.3 Å². The zero-order valence-corrected chi connectivity index (χ0v) is 12.9. The SMILES string of the molecule is C#CCCCC(=O)N(C(=O)CS(=O)CC)c1ccccc1. The van der Waals surface area contributed by atoms with Crippen LogP contribution in [0.1, 0.15) is 26.2 Å². The summed E-state index contributed by atoms with van der Waals surface area (Å²) < 4.78 is 11.6. The van der Waals surface area contributed by atoms with Crippen LogP contribution >= 0.6 is 0 Å². The van der Waals surface area contributed by atoms with Crippen molar-refractivity contribution in [1.82, 2.24) is 0 Å². The van der Waals surface area contributed by atoms with Crippen LogP contribution in [0.4, 0.5) is 5.69 Å². The second-order valence-corrected chi connectivity index (χ2v) is 6.13. The first kappa shape index (κ1) is 17.1. The number of terminal acetylenes is 1. The van der Waals surface area contributed by atoms with Gasteiger partial charge in [0.25, 0.3) is 0 Å². The lowest BCUT2D eigenvalue weighted by atomic mass is 10.2. The highest BCUT2D eigenvalue weighted by Crippen LogP contribution is 2.16. The van der Waals surface area contributed by atoms with Gasteiger partial charge in [-0.3, -0.25) is 13.8 Å². The maximum atomic E-state index is 12.3. The van der Waals surface area contributed by atoms with Gasteiger partial charge in [-0.05, 0) is 18.6 Å². The van der Waals surface area contributed by atoms with Crippen LogP contribution in [0.3, 0.4) is 0 Å². The van der Waals surface area contributed by atoms with Crippen molar-refractivity contribution in [3.63, 3.8) is 0 Å². The van der Waals surface area contributed by atoms with E-state index in [0.29, 0.717) is 24.3 Å². The molecule has 21 heavy (non-hydrogen) atoms. The van der Waals surface area contributed by atoms with Crippen LogP contribution in [0.15, 0.2) is 30.3 Å². The van der Waals surface area contributed by atoms with Gasteiger partial charge in [0, 0.05) is 29.4 Å². The minimum absolute atomic E-state index is 0.147. The summed E-state index contributed by atoms with van der Waals surface area (Å²) in [5.41, 5.74) is 0.501. The summed E-state index contributed by atoms with van der Waals surface area (Å²) in [5.74, 6) is 1.96.